The minimum Gasteiger partial charge on any atom is -0.481 e. The van der Waals surface area contributed by atoms with Gasteiger partial charge in [0.2, 0.25) is 5.88 Å². The first-order valence-electron chi connectivity index (χ1n) is 7.99. The number of hydrogen-bond donors (Lipinski definition) is 1. The Labute approximate surface area is 135 Å². The van der Waals surface area contributed by atoms with E-state index in [4.69, 9.17) is 4.74 Å². The molecule has 2 saturated heterocycles. The van der Waals surface area contributed by atoms with Crippen LogP contribution in [0.4, 0.5) is 0 Å². The lowest BCUT2D eigenvalue weighted by molar-refractivity contribution is 0.00825. The van der Waals surface area contributed by atoms with Crippen LogP contribution in [0.25, 0.3) is 10.9 Å². The summed E-state index contributed by atoms with van der Waals surface area (Å²) in [6, 6.07) is 10.0. The average Bonchev–Trinajstić information content (AvgIpc) is 2.53. The molecule has 4 rings (SSSR count). The summed E-state index contributed by atoms with van der Waals surface area (Å²) >= 11 is 2.09. The van der Waals surface area contributed by atoms with E-state index in [-0.39, 0.29) is 0 Å². The van der Waals surface area contributed by atoms with Gasteiger partial charge in [0.25, 0.3) is 0 Å². The van der Waals surface area contributed by atoms with Crippen molar-refractivity contribution in [2.45, 2.75) is 48.2 Å². The molecule has 0 spiro atoms. The molecule has 0 aliphatic carbocycles. The van der Waals surface area contributed by atoms with Crippen LogP contribution in [-0.4, -0.2) is 27.7 Å². The minimum absolute atomic E-state index is 0.613. The van der Waals surface area contributed by atoms with Gasteiger partial charge < -0.3 is 9.84 Å². The van der Waals surface area contributed by atoms with E-state index in [0.29, 0.717) is 16.4 Å². The molecular formula is C18H21NO2S. The van der Waals surface area contributed by atoms with E-state index >= 15 is 0 Å². The number of hydrogen-bond acceptors (Lipinski definition) is 4. The van der Waals surface area contributed by atoms with Gasteiger partial charge in [0.1, 0.15) is 0 Å². The number of aromatic nitrogens is 1. The first kappa shape index (κ1) is 14.3. The summed E-state index contributed by atoms with van der Waals surface area (Å²) in [6.45, 7) is 0. The number of rotatable bonds is 2. The summed E-state index contributed by atoms with van der Waals surface area (Å²) in [5, 5.41) is 13.5. The molecule has 1 aromatic carbocycles. The third-order valence-electron chi connectivity index (χ3n) is 4.98. The summed E-state index contributed by atoms with van der Waals surface area (Å²) < 4.78 is 5.18. The average molecular weight is 315 g/mol. The van der Waals surface area contributed by atoms with Gasteiger partial charge in [-0.05, 0) is 49.4 Å². The van der Waals surface area contributed by atoms with Gasteiger partial charge in [0.15, 0.2) is 0 Å². The molecule has 1 N–H and O–H groups in total. The summed E-state index contributed by atoms with van der Waals surface area (Å²) in [4.78, 5) is 4.45. The first-order valence-corrected chi connectivity index (χ1v) is 8.94. The SMILES string of the molecule is COc1ccc2cc(C3(O)CC4CCCC(C3)S4)ccc2n1. The topological polar surface area (TPSA) is 42.4 Å². The van der Waals surface area contributed by atoms with Gasteiger partial charge in [-0.15, -0.1) is 0 Å². The molecule has 0 saturated carbocycles. The number of methoxy groups -OCH3 is 1. The van der Waals surface area contributed by atoms with Crippen molar-refractivity contribution in [1.29, 1.82) is 0 Å². The zero-order chi connectivity index (χ0) is 15.2. The minimum atomic E-state index is -0.672. The van der Waals surface area contributed by atoms with Gasteiger partial charge in [-0.25, -0.2) is 4.98 Å². The highest BCUT2D eigenvalue weighted by Crippen LogP contribution is 2.49. The van der Waals surface area contributed by atoms with Crippen molar-refractivity contribution in [3.05, 3.63) is 35.9 Å². The largest absolute Gasteiger partial charge is 0.481 e. The second kappa shape index (κ2) is 5.43. The second-order valence-corrected chi connectivity index (χ2v) is 8.12. The van der Waals surface area contributed by atoms with Crippen molar-refractivity contribution in [3.8, 4) is 5.88 Å². The maximum Gasteiger partial charge on any atom is 0.213 e. The molecule has 2 aliphatic heterocycles. The van der Waals surface area contributed by atoms with Crippen LogP contribution < -0.4 is 4.74 Å². The fourth-order valence-electron chi connectivity index (χ4n) is 3.86. The number of ether oxygens (including phenoxy) is 1. The van der Waals surface area contributed by atoms with Crippen LogP contribution in [0.3, 0.4) is 0 Å². The quantitative estimate of drug-likeness (QED) is 0.913. The second-order valence-electron chi connectivity index (χ2n) is 6.51. The summed E-state index contributed by atoms with van der Waals surface area (Å²) in [6.07, 6.45) is 5.57. The highest BCUT2D eigenvalue weighted by Gasteiger charge is 2.42. The molecule has 2 aliphatic rings. The molecule has 1 aromatic heterocycles. The maximum atomic E-state index is 11.3. The van der Waals surface area contributed by atoms with E-state index in [1.807, 2.05) is 24.3 Å². The Morgan fingerprint density at radius 1 is 1.18 bits per heavy atom. The lowest BCUT2D eigenvalue weighted by Crippen LogP contribution is -2.40. The Morgan fingerprint density at radius 2 is 1.95 bits per heavy atom. The molecule has 0 radical (unpaired) electrons. The lowest BCUT2D eigenvalue weighted by Gasteiger charge is -2.44. The maximum absolute atomic E-state index is 11.3. The van der Waals surface area contributed by atoms with Crippen LogP contribution in [0.5, 0.6) is 5.88 Å². The number of nitrogens with zero attached hydrogens (tertiary/aromatic N) is 1. The number of thioether (sulfide) groups is 1. The predicted molar refractivity (Wildman–Crippen MR) is 90.4 cm³/mol. The highest BCUT2D eigenvalue weighted by atomic mass is 32.2. The van der Waals surface area contributed by atoms with Gasteiger partial charge in [-0.2, -0.15) is 11.8 Å². The van der Waals surface area contributed by atoms with Gasteiger partial charge in [0, 0.05) is 22.0 Å². The Balaban J connectivity index is 1.70. The molecular weight excluding hydrogens is 294 g/mol. The Kier molecular flexibility index (Phi) is 3.54. The molecule has 0 amide bonds. The van der Waals surface area contributed by atoms with Crippen molar-refractivity contribution in [2.24, 2.45) is 0 Å². The van der Waals surface area contributed by atoms with Crippen molar-refractivity contribution in [1.82, 2.24) is 4.98 Å². The van der Waals surface area contributed by atoms with Crippen molar-refractivity contribution < 1.29 is 9.84 Å². The van der Waals surface area contributed by atoms with Crippen LogP contribution >= 0.6 is 11.8 Å². The fourth-order valence-corrected chi connectivity index (χ4v) is 5.76. The summed E-state index contributed by atoms with van der Waals surface area (Å²) in [5.41, 5.74) is 1.29. The first-order chi connectivity index (χ1) is 10.7. The molecule has 2 fully saturated rings. The monoisotopic (exact) mass is 315 g/mol. The Bertz CT molecular complexity index is 691. The van der Waals surface area contributed by atoms with E-state index in [1.165, 1.54) is 19.3 Å². The third kappa shape index (κ3) is 2.48. The van der Waals surface area contributed by atoms with Crippen LogP contribution in [0.15, 0.2) is 30.3 Å². The van der Waals surface area contributed by atoms with Crippen molar-refractivity contribution >= 4 is 22.7 Å². The molecule has 3 nitrogen and oxygen atoms in total. The van der Waals surface area contributed by atoms with Gasteiger partial charge in [-0.3, -0.25) is 0 Å². The van der Waals surface area contributed by atoms with E-state index in [1.54, 1.807) is 7.11 Å². The smallest absolute Gasteiger partial charge is 0.213 e. The standard InChI is InChI=1S/C18H21NO2S/c1-21-17-8-5-12-9-13(6-7-16(12)19-17)18(20)10-14-3-2-4-15(11-18)22-14/h5-9,14-15,20H,2-4,10-11H2,1H3. The summed E-state index contributed by atoms with van der Waals surface area (Å²) in [7, 11) is 1.63. The van der Waals surface area contributed by atoms with Crippen LogP contribution in [0.1, 0.15) is 37.7 Å². The van der Waals surface area contributed by atoms with E-state index in [0.717, 1.165) is 29.3 Å². The molecule has 116 valence electrons. The highest BCUT2D eigenvalue weighted by molar-refractivity contribution is 8.00. The fraction of sp³-hybridized carbons (Fsp3) is 0.500. The van der Waals surface area contributed by atoms with Crippen LogP contribution in [-0.2, 0) is 5.60 Å². The van der Waals surface area contributed by atoms with Gasteiger partial charge in [0.05, 0.1) is 18.2 Å². The van der Waals surface area contributed by atoms with Crippen molar-refractivity contribution in [2.75, 3.05) is 7.11 Å². The zero-order valence-corrected chi connectivity index (χ0v) is 13.6. The van der Waals surface area contributed by atoms with E-state index < -0.39 is 5.60 Å². The zero-order valence-electron chi connectivity index (χ0n) is 12.8. The van der Waals surface area contributed by atoms with E-state index in [9.17, 15) is 5.11 Å². The molecule has 2 aromatic rings. The van der Waals surface area contributed by atoms with Crippen LogP contribution in [0.2, 0.25) is 0 Å². The van der Waals surface area contributed by atoms with Crippen molar-refractivity contribution in [3.63, 3.8) is 0 Å². The van der Waals surface area contributed by atoms with Gasteiger partial charge >= 0.3 is 0 Å². The third-order valence-corrected chi connectivity index (χ3v) is 6.55. The Hall–Kier alpha value is -1.26. The molecule has 2 bridgehead atoms. The van der Waals surface area contributed by atoms with Gasteiger partial charge in [-0.1, -0.05) is 12.5 Å². The van der Waals surface area contributed by atoms with E-state index in [2.05, 4.69) is 22.8 Å². The predicted octanol–water partition coefficient (Wildman–Crippen LogP) is 3.88. The molecule has 3 heterocycles. The normalized spacial score (nSPS) is 31.2. The molecule has 2 atom stereocenters. The molecule has 4 heteroatoms. The Morgan fingerprint density at radius 3 is 2.68 bits per heavy atom. The lowest BCUT2D eigenvalue weighted by atomic mass is 9.80. The number of aliphatic hydroxyl groups is 1. The van der Waals surface area contributed by atoms with Crippen LogP contribution in [0, 0.1) is 0 Å². The number of pyridine rings is 1. The summed E-state index contributed by atoms with van der Waals surface area (Å²) in [5.74, 6) is 0.627. The molecule has 22 heavy (non-hydrogen) atoms. The number of fused-ring (bicyclic) bond motifs is 3. The number of benzene rings is 1. The molecule has 2 unspecified atom stereocenters.